The van der Waals surface area contributed by atoms with E-state index in [0.29, 0.717) is 18.8 Å². The number of hydrogen-bond donors (Lipinski definition) is 0. The van der Waals surface area contributed by atoms with Crippen LogP contribution in [0.4, 0.5) is 5.69 Å². The second kappa shape index (κ2) is 11.2. The Bertz CT molecular complexity index is 829. The SMILES string of the molecule is CC(C)(C(=O)c1ccc(Sc2ccc([N+](=O)[O-])cc2)cc1)N1CCOCC1.CCC. The standard InChI is InChI=1S/C20H22N2O4S.C3H8/c1-20(2,21-11-13-26-14-12-21)19(23)15-3-7-17(8-4-15)27-18-9-5-16(6-10-18)22(24)25;1-3-2/h3-10H,11-14H2,1-2H3;3H2,1-2H3. The first kappa shape index (κ1) is 24.1. The van der Waals surface area contributed by atoms with E-state index in [1.54, 1.807) is 12.1 Å². The highest BCUT2D eigenvalue weighted by Gasteiger charge is 2.35. The lowest BCUT2D eigenvalue weighted by Crippen LogP contribution is -2.54. The fourth-order valence-electron chi connectivity index (χ4n) is 3.07. The molecule has 1 heterocycles. The Balaban J connectivity index is 0.00000101. The summed E-state index contributed by atoms with van der Waals surface area (Å²) in [6, 6.07) is 13.9. The van der Waals surface area contributed by atoms with Crippen molar-refractivity contribution in [2.24, 2.45) is 0 Å². The van der Waals surface area contributed by atoms with Gasteiger partial charge in [0, 0.05) is 40.6 Å². The Morgan fingerprint density at radius 2 is 1.50 bits per heavy atom. The van der Waals surface area contributed by atoms with Gasteiger partial charge in [0.1, 0.15) is 0 Å². The van der Waals surface area contributed by atoms with Gasteiger partial charge in [0.25, 0.3) is 5.69 Å². The van der Waals surface area contributed by atoms with E-state index in [4.69, 9.17) is 4.74 Å². The quantitative estimate of drug-likeness (QED) is 0.344. The van der Waals surface area contributed by atoms with E-state index in [1.807, 2.05) is 38.1 Å². The van der Waals surface area contributed by atoms with Gasteiger partial charge in [-0.1, -0.05) is 44.2 Å². The number of carbonyl (C=O) groups excluding carboxylic acids is 1. The third kappa shape index (κ3) is 6.39. The van der Waals surface area contributed by atoms with Crippen LogP contribution in [-0.2, 0) is 4.74 Å². The van der Waals surface area contributed by atoms with E-state index in [9.17, 15) is 14.9 Å². The summed E-state index contributed by atoms with van der Waals surface area (Å²) in [5.74, 6) is 0.0938. The Morgan fingerprint density at radius 3 is 1.97 bits per heavy atom. The van der Waals surface area contributed by atoms with Crippen molar-refractivity contribution in [3.8, 4) is 0 Å². The van der Waals surface area contributed by atoms with Gasteiger partial charge in [-0.2, -0.15) is 0 Å². The normalized spacial score (nSPS) is 14.5. The van der Waals surface area contributed by atoms with Gasteiger partial charge in [0.2, 0.25) is 0 Å². The number of carbonyl (C=O) groups is 1. The molecule has 0 bridgehead atoms. The maximum atomic E-state index is 13.0. The van der Waals surface area contributed by atoms with Crippen LogP contribution in [0, 0.1) is 10.1 Å². The average molecular weight is 431 g/mol. The van der Waals surface area contributed by atoms with Crippen molar-refractivity contribution < 1.29 is 14.5 Å². The summed E-state index contributed by atoms with van der Waals surface area (Å²) in [5, 5.41) is 10.7. The number of benzene rings is 2. The number of nitro benzene ring substituents is 1. The number of non-ortho nitro benzene ring substituents is 1. The van der Waals surface area contributed by atoms with E-state index in [-0.39, 0.29) is 11.5 Å². The monoisotopic (exact) mass is 430 g/mol. The summed E-state index contributed by atoms with van der Waals surface area (Å²) in [6.07, 6.45) is 1.25. The van der Waals surface area contributed by atoms with Crippen LogP contribution in [0.15, 0.2) is 58.3 Å². The molecule has 0 atom stereocenters. The third-order valence-corrected chi connectivity index (χ3v) is 5.77. The minimum absolute atomic E-state index is 0.0747. The van der Waals surface area contributed by atoms with Crippen molar-refractivity contribution in [2.75, 3.05) is 26.3 Å². The van der Waals surface area contributed by atoms with Gasteiger partial charge in [0.05, 0.1) is 23.7 Å². The van der Waals surface area contributed by atoms with Gasteiger partial charge in [-0.25, -0.2) is 0 Å². The molecule has 162 valence electrons. The fourth-order valence-corrected chi connectivity index (χ4v) is 3.88. The number of rotatable bonds is 6. The predicted octanol–water partition coefficient (Wildman–Crippen LogP) is 5.46. The molecular formula is C23H30N2O4S. The fraction of sp³-hybridized carbons (Fsp3) is 0.435. The minimum atomic E-state index is -0.573. The van der Waals surface area contributed by atoms with Gasteiger partial charge in [-0.05, 0) is 38.1 Å². The lowest BCUT2D eigenvalue weighted by Gasteiger charge is -2.39. The first-order chi connectivity index (χ1) is 14.3. The molecule has 2 aromatic carbocycles. The lowest BCUT2D eigenvalue weighted by atomic mass is 9.91. The van der Waals surface area contributed by atoms with Crippen molar-refractivity contribution in [3.63, 3.8) is 0 Å². The molecule has 0 unspecified atom stereocenters. The van der Waals surface area contributed by atoms with Gasteiger partial charge in [-0.15, -0.1) is 0 Å². The molecule has 0 aromatic heterocycles. The van der Waals surface area contributed by atoms with Crippen LogP contribution in [0.5, 0.6) is 0 Å². The van der Waals surface area contributed by atoms with Crippen molar-refractivity contribution >= 4 is 23.2 Å². The lowest BCUT2D eigenvalue weighted by molar-refractivity contribution is -0.384. The zero-order chi connectivity index (χ0) is 22.1. The van der Waals surface area contributed by atoms with E-state index in [2.05, 4.69) is 18.7 Å². The summed E-state index contributed by atoms with van der Waals surface area (Å²) >= 11 is 1.50. The highest BCUT2D eigenvalue weighted by Crippen LogP contribution is 2.30. The molecule has 2 aromatic rings. The maximum absolute atomic E-state index is 13.0. The first-order valence-corrected chi connectivity index (χ1v) is 11.0. The molecule has 1 aliphatic rings. The number of ether oxygens (including phenoxy) is 1. The van der Waals surface area contributed by atoms with Gasteiger partial charge in [0.15, 0.2) is 5.78 Å². The number of hydrogen-bond acceptors (Lipinski definition) is 6. The summed E-state index contributed by atoms with van der Waals surface area (Å²) in [5.41, 5.74) is 0.182. The second-order valence-electron chi connectivity index (χ2n) is 7.57. The zero-order valence-electron chi connectivity index (χ0n) is 18.1. The molecule has 7 heteroatoms. The highest BCUT2D eigenvalue weighted by atomic mass is 32.2. The van der Waals surface area contributed by atoms with Crippen LogP contribution in [0.1, 0.15) is 44.5 Å². The van der Waals surface area contributed by atoms with E-state index in [1.165, 1.54) is 30.3 Å². The van der Waals surface area contributed by atoms with Crippen molar-refractivity contribution in [2.45, 2.75) is 49.4 Å². The number of nitro groups is 1. The smallest absolute Gasteiger partial charge is 0.269 e. The summed E-state index contributed by atoms with van der Waals surface area (Å²) in [7, 11) is 0. The van der Waals surface area contributed by atoms with Gasteiger partial charge >= 0.3 is 0 Å². The van der Waals surface area contributed by atoms with E-state index < -0.39 is 10.5 Å². The van der Waals surface area contributed by atoms with Crippen molar-refractivity contribution in [3.05, 3.63) is 64.2 Å². The Kier molecular flexibility index (Phi) is 9.02. The van der Waals surface area contributed by atoms with Crippen LogP contribution in [0.25, 0.3) is 0 Å². The van der Waals surface area contributed by atoms with Gasteiger partial charge < -0.3 is 4.74 Å². The largest absolute Gasteiger partial charge is 0.379 e. The van der Waals surface area contributed by atoms with Gasteiger partial charge in [-0.3, -0.25) is 19.8 Å². The van der Waals surface area contributed by atoms with Crippen LogP contribution >= 0.6 is 11.8 Å². The average Bonchev–Trinajstić information content (AvgIpc) is 2.75. The molecule has 0 radical (unpaired) electrons. The number of nitrogens with zero attached hydrogens (tertiary/aromatic N) is 2. The van der Waals surface area contributed by atoms with Crippen molar-refractivity contribution in [1.82, 2.24) is 4.90 Å². The van der Waals surface area contributed by atoms with Crippen LogP contribution in [-0.4, -0.2) is 47.4 Å². The molecule has 6 nitrogen and oxygen atoms in total. The summed E-state index contributed by atoms with van der Waals surface area (Å²) in [6.45, 7) is 11.0. The van der Waals surface area contributed by atoms with Crippen molar-refractivity contribution in [1.29, 1.82) is 0 Å². The molecule has 0 N–H and O–H groups in total. The molecular weight excluding hydrogens is 400 g/mol. The molecule has 0 spiro atoms. The number of Topliss-reactive ketones (excluding diaryl/α,β-unsaturated/α-hetero) is 1. The van der Waals surface area contributed by atoms with Crippen LogP contribution in [0.3, 0.4) is 0 Å². The molecule has 1 fully saturated rings. The third-order valence-electron chi connectivity index (χ3n) is 4.76. The molecule has 1 aliphatic heterocycles. The Hall–Kier alpha value is -2.22. The minimum Gasteiger partial charge on any atom is -0.379 e. The molecule has 0 saturated carbocycles. The predicted molar refractivity (Wildman–Crippen MR) is 120 cm³/mol. The highest BCUT2D eigenvalue weighted by molar-refractivity contribution is 7.99. The summed E-state index contributed by atoms with van der Waals surface area (Å²) < 4.78 is 5.38. The Morgan fingerprint density at radius 1 is 1.03 bits per heavy atom. The molecule has 0 amide bonds. The van der Waals surface area contributed by atoms with Crippen LogP contribution < -0.4 is 0 Å². The summed E-state index contributed by atoms with van der Waals surface area (Å²) in [4.78, 5) is 27.3. The second-order valence-corrected chi connectivity index (χ2v) is 8.72. The molecule has 30 heavy (non-hydrogen) atoms. The van der Waals surface area contributed by atoms with Crippen LogP contribution in [0.2, 0.25) is 0 Å². The molecule has 3 rings (SSSR count). The molecule has 0 aliphatic carbocycles. The number of morpholine rings is 1. The molecule has 1 saturated heterocycles. The first-order valence-electron chi connectivity index (χ1n) is 10.2. The maximum Gasteiger partial charge on any atom is 0.269 e. The number of ketones is 1. The van der Waals surface area contributed by atoms with E-state index in [0.717, 1.165) is 22.9 Å². The van der Waals surface area contributed by atoms with E-state index >= 15 is 0 Å². The zero-order valence-corrected chi connectivity index (χ0v) is 18.9. The topological polar surface area (TPSA) is 72.7 Å². The Labute approximate surface area is 182 Å².